The Hall–Kier alpha value is -3.54. The van der Waals surface area contributed by atoms with E-state index < -0.39 is 6.04 Å². The second-order valence-corrected chi connectivity index (χ2v) is 9.58. The Morgan fingerprint density at radius 1 is 0.943 bits per heavy atom. The largest absolute Gasteiger partial charge is 0.351 e. The molecule has 1 aliphatic rings. The van der Waals surface area contributed by atoms with Crippen LogP contribution in [0.4, 0.5) is 0 Å². The summed E-state index contributed by atoms with van der Waals surface area (Å²) >= 11 is 0. The summed E-state index contributed by atoms with van der Waals surface area (Å²) in [6.07, 6.45) is 9.88. The minimum atomic E-state index is -0.784. The quantitative estimate of drug-likeness (QED) is 0.476. The summed E-state index contributed by atoms with van der Waals surface area (Å²) in [5.74, 6) is -0.0961. The van der Waals surface area contributed by atoms with Crippen LogP contribution in [0.3, 0.4) is 0 Å². The van der Waals surface area contributed by atoms with Gasteiger partial charge in [0.2, 0.25) is 5.91 Å². The zero-order valence-electron chi connectivity index (χ0n) is 20.6. The van der Waals surface area contributed by atoms with Gasteiger partial charge in [-0.05, 0) is 35.4 Å². The molecule has 3 aromatic rings. The van der Waals surface area contributed by atoms with Crippen LogP contribution in [0.25, 0.3) is 0 Å². The van der Waals surface area contributed by atoms with Gasteiger partial charge in [-0.1, -0.05) is 87.7 Å². The summed E-state index contributed by atoms with van der Waals surface area (Å²) in [4.78, 5) is 37.6. The molecule has 182 valence electrons. The summed E-state index contributed by atoms with van der Waals surface area (Å²) in [7, 11) is 0. The maximum Gasteiger partial charge on any atom is 0.275 e. The highest BCUT2D eigenvalue weighted by Gasteiger charge is 2.34. The molecule has 2 aromatic carbocycles. The molecule has 4 rings (SSSR count). The topological polar surface area (TPSA) is 75.2 Å². The fourth-order valence-electron chi connectivity index (χ4n) is 4.68. The van der Waals surface area contributed by atoms with Gasteiger partial charge in [-0.3, -0.25) is 14.6 Å². The third-order valence-corrected chi connectivity index (χ3v) is 6.67. The van der Waals surface area contributed by atoms with Gasteiger partial charge in [0.05, 0.1) is 6.20 Å². The van der Waals surface area contributed by atoms with Gasteiger partial charge in [0.15, 0.2) is 0 Å². The minimum Gasteiger partial charge on any atom is -0.351 e. The van der Waals surface area contributed by atoms with Crippen molar-refractivity contribution in [3.05, 3.63) is 95.6 Å². The van der Waals surface area contributed by atoms with Crippen molar-refractivity contribution in [3.63, 3.8) is 0 Å². The molecular formula is C29H34N4O2. The van der Waals surface area contributed by atoms with Crippen molar-refractivity contribution in [1.29, 1.82) is 0 Å². The van der Waals surface area contributed by atoms with E-state index in [0.29, 0.717) is 5.92 Å². The molecule has 35 heavy (non-hydrogen) atoms. The molecule has 1 saturated carbocycles. The van der Waals surface area contributed by atoms with Crippen LogP contribution in [-0.4, -0.2) is 32.7 Å². The minimum absolute atomic E-state index is 0.138. The zero-order valence-corrected chi connectivity index (χ0v) is 20.6. The lowest BCUT2D eigenvalue weighted by atomic mass is 9.94. The van der Waals surface area contributed by atoms with Crippen molar-refractivity contribution in [2.45, 2.75) is 70.5 Å². The van der Waals surface area contributed by atoms with Crippen LogP contribution in [0.2, 0.25) is 0 Å². The molecule has 1 aromatic heterocycles. The number of nitrogens with zero attached hydrogens (tertiary/aromatic N) is 3. The SMILES string of the molecule is CC(C)c1ccc([C@H](C(=O)NC2CCCCC2)N(Cc2ccccc2)C(=O)c2cnccn2)cc1. The summed E-state index contributed by atoms with van der Waals surface area (Å²) in [5, 5.41) is 3.26. The van der Waals surface area contributed by atoms with Crippen molar-refractivity contribution >= 4 is 11.8 Å². The van der Waals surface area contributed by atoms with Crippen LogP contribution in [-0.2, 0) is 11.3 Å². The Labute approximate surface area is 207 Å². The molecule has 1 atom stereocenters. The molecule has 2 amide bonds. The lowest BCUT2D eigenvalue weighted by Gasteiger charge is -2.33. The van der Waals surface area contributed by atoms with Crippen LogP contribution >= 0.6 is 0 Å². The number of hydrogen-bond donors (Lipinski definition) is 1. The maximum atomic E-state index is 13.9. The predicted molar refractivity (Wildman–Crippen MR) is 137 cm³/mol. The molecule has 1 aliphatic carbocycles. The summed E-state index contributed by atoms with van der Waals surface area (Å²) < 4.78 is 0. The van der Waals surface area contributed by atoms with Crippen molar-refractivity contribution in [1.82, 2.24) is 20.2 Å². The number of amides is 2. The molecular weight excluding hydrogens is 436 g/mol. The normalized spacial score (nSPS) is 14.9. The predicted octanol–water partition coefficient (Wildman–Crippen LogP) is 5.43. The number of nitrogens with one attached hydrogen (secondary N) is 1. The van der Waals surface area contributed by atoms with Crippen LogP contribution in [0, 0.1) is 0 Å². The van der Waals surface area contributed by atoms with Crippen molar-refractivity contribution < 1.29 is 9.59 Å². The van der Waals surface area contributed by atoms with Gasteiger partial charge in [0.1, 0.15) is 11.7 Å². The second kappa shape index (κ2) is 11.7. The Bertz CT molecular complexity index is 1090. The van der Waals surface area contributed by atoms with Crippen molar-refractivity contribution in [2.24, 2.45) is 0 Å². The van der Waals surface area contributed by atoms with Crippen molar-refractivity contribution in [3.8, 4) is 0 Å². The number of aromatic nitrogens is 2. The number of benzene rings is 2. The fraction of sp³-hybridized carbons (Fsp3) is 0.379. The Balaban J connectivity index is 1.74. The summed E-state index contributed by atoms with van der Waals surface area (Å²) in [5.41, 5.74) is 3.14. The number of carbonyl (C=O) groups is 2. The van der Waals surface area contributed by atoms with E-state index in [1.54, 1.807) is 4.90 Å². The van der Waals surface area contributed by atoms with Gasteiger partial charge in [0.25, 0.3) is 5.91 Å². The van der Waals surface area contributed by atoms with E-state index in [1.165, 1.54) is 30.6 Å². The van der Waals surface area contributed by atoms with Crippen LogP contribution in [0.5, 0.6) is 0 Å². The molecule has 0 saturated heterocycles. The smallest absolute Gasteiger partial charge is 0.275 e. The lowest BCUT2D eigenvalue weighted by molar-refractivity contribution is -0.127. The average Bonchev–Trinajstić information content (AvgIpc) is 2.90. The average molecular weight is 471 g/mol. The van der Waals surface area contributed by atoms with Crippen LogP contribution in [0.1, 0.15) is 85.1 Å². The van der Waals surface area contributed by atoms with E-state index in [-0.39, 0.29) is 30.1 Å². The van der Waals surface area contributed by atoms with E-state index >= 15 is 0 Å². The maximum absolute atomic E-state index is 13.9. The lowest BCUT2D eigenvalue weighted by Crippen LogP contribution is -2.47. The number of hydrogen-bond acceptors (Lipinski definition) is 4. The van der Waals surface area contributed by atoms with Gasteiger partial charge < -0.3 is 10.2 Å². The van der Waals surface area contributed by atoms with E-state index in [1.807, 2.05) is 54.6 Å². The monoisotopic (exact) mass is 470 g/mol. The Kier molecular flexibility index (Phi) is 8.24. The first-order valence-electron chi connectivity index (χ1n) is 12.5. The molecule has 6 nitrogen and oxygen atoms in total. The molecule has 0 aliphatic heterocycles. The first-order valence-corrected chi connectivity index (χ1v) is 12.5. The molecule has 0 unspecified atom stereocenters. The van der Waals surface area contributed by atoms with Gasteiger partial charge in [-0.2, -0.15) is 0 Å². The molecule has 1 N–H and O–H groups in total. The number of carbonyl (C=O) groups excluding carboxylic acids is 2. The highest BCUT2D eigenvalue weighted by molar-refractivity contribution is 5.96. The third-order valence-electron chi connectivity index (χ3n) is 6.67. The van der Waals surface area contributed by atoms with Gasteiger partial charge in [-0.25, -0.2) is 4.98 Å². The first kappa shape index (κ1) is 24.6. The zero-order chi connectivity index (χ0) is 24.6. The Morgan fingerprint density at radius 2 is 1.63 bits per heavy atom. The standard InChI is InChI=1S/C29H34N4O2/c1-21(2)23-13-15-24(16-14-23)27(28(34)32-25-11-7-4-8-12-25)33(20-22-9-5-3-6-10-22)29(35)26-19-30-17-18-31-26/h3,5-6,9-10,13-19,21,25,27H,4,7-8,11-12,20H2,1-2H3,(H,32,34)/t27-/m1/s1. The fourth-order valence-corrected chi connectivity index (χ4v) is 4.68. The van der Waals surface area contributed by atoms with E-state index in [0.717, 1.165) is 36.8 Å². The van der Waals surface area contributed by atoms with Crippen molar-refractivity contribution in [2.75, 3.05) is 0 Å². The van der Waals surface area contributed by atoms with E-state index in [9.17, 15) is 9.59 Å². The van der Waals surface area contributed by atoms with Gasteiger partial charge in [0, 0.05) is 25.0 Å². The Morgan fingerprint density at radius 3 is 2.26 bits per heavy atom. The molecule has 0 bridgehead atoms. The van der Waals surface area contributed by atoms with Crippen LogP contribution in [0.15, 0.2) is 73.2 Å². The first-order chi connectivity index (χ1) is 17.0. The highest BCUT2D eigenvalue weighted by atomic mass is 16.2. The molecule has 1 fully saturated rings. The molecule has 1 heterocycles. The number of rotatable bonds is 8. The van der Waals surface area contributed by atoms with E-state index in [4.69, 9.17) is 0 Å². The second-order valence-electron chi connectivity index (χ2n) is 9.58. The highest BCUT2D eigenvalue weighted by Crippen LogP contribution is 2.28. The van der Waals surface area contributed by atoms with Gasteiger partial charge >= 0.3 is 0 Å². The molecule has 6 heteroatoms. The van der Waals surface area contributed by atoms with E-state index in [2.05, 4.69) is 29.1 Å². The van der Waals surface area contributed by atoms with Crippen LogP contribution < -0.4 is 5.32 Å². The molecule has 0 radical (unpaired) electrons. The summed E-state index contributed by atoms with van der Waals surface area (Å²) in [6.45, 7) is 4.56. The third kappa shape index (κ3) is 6.32. The van der Waals surface area contributed by atoms with Gasteiger partial charge in [-0.15, -0.1) is 0 Å². The summed E-state index contributed by atoms with van der Waals surface area (Å²) in [6, 6.07) is 17.2. The molecule has 0 spiro atoms.